The highest BCUT2D eigenvalue weighted by Crippen LogP contribution is 2.32. The molecule has 0 radical (unpaired) electrons. The quantitative estimate of drug-likeness (QED) is 0.502. The monoisotopic (exact) mass is 401 g/mol. The van der Waals surface area contributed by atoms with Crippen molar-refractivity contribution in [3.05, 3.63) is 81.6 Å². The van der Waals surface area contributed by atoms with Crippen molar-refractivity contribution in [2.75, 3.05) is 6.61 Å². The molecule has 0 amide bonds. The first kappa shape index (κ1) is 18.0. The average Bonchev–Trinajstić information content (AvgIpc) is 3.30. The van der Waals surface area contributed by atoms with Crippen LogP contribution in [0.15, 0.2) is 70.4 Å². The summed E-state index contributed by atoms with van der Waals surface area (Å²) in [6.45, 7) is 2.44. The molecule has 0 aliphatic rings. The Kier molecular flexibility index (Phi) is 4.06. The number of benzene rings is 2. The minimum atomic E-state index is -0.502. The van der Waals surface area contributed by atoms with Crippen LogP contribution in [0.3, 0.4) is 0 Å². The van der Waals surface area contributed by atoms with Gasteiger partial charge in [-0.15, -0.1) is 0 Å². The number of aryl methyl sites for hydroxylation is 1. The summed E-state index contributed by atoms with van der Waals surface area (Å²) in [4.78, 5) is 31.7. The van der Waals surface area contributed by atoms with E-state index >= 15 is 0 Å². The molecule has 3 aromatic heterocycles. The molecule has 0 fully saturated rings. The molecule has 150 valence electrons. The van der Waals surface area contributed by atoms with Crippen LogP contribution in [0.5, 0.6) is 5.75 Å². The average molecular weight is 401 g/mol. The summed E-state index contributed by atoms with van der Waals surface area (Å²) in [5.74, 6) is 1.22. The molecule has 30 heavy (non-hydrogen) atoms. The molecule has 0 aliphatic heterocycles. The van der Waals surface area contributed by atoms with Crippen molar-refractivity contribution in [2.24, 2.45) is 7.05 Å². The molecule has 1 N–H and O–H groups in total. The standard InChI is InChI=1S/C22H19N5O3/c1-3-30-17-12-8-7-11-15(17)27-16(14-9-5-4-6-10-14)13-26-18-19(23-21(26)27)25(2)22(29)24-20(18)28/h4-13H,3H2,1-2H3,(H,24,28,29). The van der Waals surface area contributed by atoms with Crippen molar-refractivity contribution in [1.82, 2.24) is 23.5 Å². The van der Waals surface area contributed by atoms with Gasteiger partial charge in [0.05, 0.1) is 18.0 Å². The van der Waals surface area contributed by atoms with Crippen LogP contribution in [0.25, 0.3) is 33.9 Å². The van der Waals surface area contributed by atoms with Gasteiger partial charge in [0, 0.05) is 18.8 Å². The summed E-state index contributed by atoms with van der Waals surface area (Å²) in [5.41, 5.74) is 2.26. The maximum absolute atomic E-state index is 12.6. The first-order chi connectivity index (χ1) is 14.6. The number of imidazole rings is 2. The number of fused-ring (bicyclic) bond motifs is 3. The van der Waals surface area contributed by atoms with Crippen LogP contribution in [-0.2, 0) is 7.05 Å². The number of hydrogen-bond acceptors (Lipinski definition) is 4. The molecule has 8 heteroatoms. The van der Waals surface area contributed by atoms with Crippen molar-refractivity contribution in [3.63, 3.8) is 0 Å². The second kappa shape index (κ2) is 6.77. The van der Waals surface area contributed by atoms with Crippen LogP contribution in [0.2, 0.25) is 0 Å². The molecular weight excluding hydrogens is 382 g/mol. The molecule has 0 saturated carbocycles. The van der Waals surface area contributed by atoms with Gasteiger partial charge in [-0.3, -0.25) is 23.3 Å². The third-order valence-corrected chi connectivity index (χ3v) is 5.10. The zero-order chi connectivity index (χ0) is 20.8. The van der Waals surface area contributed by atoms with Gasteiger partial charge in [-0.05, 0) is 19.1 Å². The Morgan fingerprint density at radius 1 is 1.03 bits per heavy atom. The topological polar surface area (TPSA) is 86.3 Å². The lowest BCUT2D eigenvalue weighted by Crippen LogP contribution is -2.28. The molecule has 0 saturated heterocycles. The minimum absolute atomic E-state index is 0.317. The molecule has 0 atom stereocenters. The van der Waals surface area contributed by atoms with E-state index in [1.54, 1.807) is 11.4 Å². The van der Waals surface area contributed by atoms with E-state index in [0.717, 1.165) is 16.9 Å². The number of hydrogen-bond donors (Lipinski definition) is 1. The maximum Gasteiger partial charge on any atom is 0.329 e. The fraction of sp³-hybridized carbons (Fsp3) is 0.136. The predicted molar refractivity (Wildman–Crippen MR) is 114 cm³/mol. The Balaban J connectivity index is 1.96. The molecule has 0 aliphatic carbocycles. The van der Waals surface area contributed by atoms with E-state index in [9.17, 15) is 9.59 Å². The molecule has 0 unspecified atom stereocenters. The molecule has 8 nitrogen and oxygen atoms in total. The van der Waals surface area contributed by atoms with E-state index in [-0.39, 0.29) is 0 Å². The summed E-state index contributed by atoms with van der Waals surface area (Å²) in [7, 11) is 1.59. The van der Waals surface area contributed by atoms with E-state index in [1.807, 2.05) is 72.3 Å². The van der Waals surface area contributed by atoms with Gasteiger partial charge in [0.1, 0.15) is 5.75 Å². The highest BCUT2D eigenvalue weighted by Gasteiger charge is 2.22. The number of ether oxygens (including phenoxy) is 1. The van der Waals surface area contributed by atoms with Crippen molar-refractivity contribution < 1.29 is 4.74 Å². The van der Waals surface area contributed by atoms with Gasteiger partial charge < -0.3 is 4.74 Å². The number of rotatable bonds is 4. The van der Waals surface area contributed by atoms with Crippen LogP contribution in [0.4, 0.5) is 0 Å². The number of nitrogens with zero attached hydrogens (tertiary/aromatic N) is 4. The molecule has 3 heterocycles. The van der Waals surface area contributed by atoms with E-state index in [4.69, 9.17) is 4.74 Å². The predicted octanol–water partition coefficient (Wildman–Crippen LogP) is 2.73. The number of aromatic nitrogens is 5. The van der Waals surface area contributed by atoms with Crippen LogP contribution in [0.1, 0.15) is 6.92 Å². The number of aromatic amines is 1. The van der Waals surface area contributed by atoms with Crippen molar-refractivity contribution >= 4 is 16.9 Å². The van der Waals surface area contributed by atoms with E-state index in [2.05, 4.69) is 9.97 Å². The van der Waals surface area contributed by atoms with Gasteiger partial charge in [-0.2, -0.15) is 4.98 Å². The lowest BCUT2D eigenvalue weighted by Gasteiger charge is -2.14. The highest BCUT2D eigenvalue weighted by molar-refractivity contribution is 5.80. The second-order valence-corrected chi connectivity index (χ2v) is 6.89. The third-order valence-electron chi connectivity index (χ3n) is 5.10. The van der Waals surface area contributed by atoms with Gasteiger partial charge in [-0.1, -0.05) is 42.5 Å². The van der Waals surface area contributed by atoms with Crippen LogP contribution >= 0.6 is 0 Å². The largest absolute Gasteiger partial charge is 0.492 e. The minimum Gasteiger partial charge on any atom is -0.492 e. The molecular formula is C22H19N5O3. The number of para-hydroxylation sites is 2. The zero-order valence-corrected chi connectivity index (χ0v) is 16.5. The SMILES string of the molecule is CCOc1ccccc1-n1c(-c2ccccc2)cn2c3c(=O)[nH]c(=O)n(C)c3nc12. The zero-order valence-electron chi connectivity index (χ0n) is 16.5. The Bertz CT molecular complexity index is 1510. The van der Waals surface area contributed by atoms with E-state index in [1.165, 1.54) is 4.57 Å². The molecule has 2 aromatic carbocycles. The molecule has 0 spiro atoms. The van der Waals surface area contributed by atoms with Gasteiger partial charge in [-0.25, -0.2) is 4.79 Å². The van der Waals surface area contributed by atoms with Gasteiger partial charge in [0.25, 0.3) is 5.56 Å². The highest BCUT2D eigenvalue weighted by atomic mass is 16.5. The summed E-state index contributed by atoms with van der Waals surface area (Å²) < 4.78 is 10.9. The van der Waals surface area contributed by atoms with Crippen LogP contribution < -0.4 is 16.0 Å². The molecule has 5 rings (SSSR count). The Morgan fingerprint density at radius 2 is 1.77 bits per heavy atom. The Hall–Kier alpha value is -4.07. The van der Waals surface area contributed by atoms with Crippen molar-refractivity contribution in [1.29, 1.82) is 0 Å². The number of H-pyrrole nitrogens is 1. The van der Waals surface area contributed by atoms with E-state index < -0.39 is 11.2 Å². The van der Waals surface area contributed by atoms with Crippen molar-refractivity contribution in [3.8, 4) is 22.7 Å². The Labute approximate surface area is 170 Å². The smallest absolute Gasteiger partial charge is 0.329 e. The fourth-order valence-electron chi connectivity index (χ4n) is 3.73. The van der Waals surface area contributed by atoms with Gasteiger partial charge >= 0.3 is 5.69 Å². The fourth-order valence-corrected chi connectivity index (χ4v) is 3.73. The Morgan fingerprint density at radius 3 is 2.53 bits per heavy atom. The van der Waals surface area contributed by atoms with E-state index in [0.29, 0.717) is 29.3 Å². The summed E-state index contributed by atoms with van der Waals surface area (Å²) in [5, 5.41) is 0. The first-order valence-corrected chi connectivity index (χ1v) is 9.60. The number of nitrogens with one attached hydrogen (secondary N) is 1. The maximum atomic E-state index is 12.6. The normalized spacial score (nSPS) is 11.4. The van der Waals surface area contributed by atoms with Crippen molar-refractivity contribution in [2.45, 2.75) is 6.92 Å². The van der Waals surface area contributed by atoms with Gasteiger partial charge in [0.15, 0.2) is 11.2 Å². The lowest BCUT2D eigenvalue weighted by atomic mass is 10.1. The summed E-state index contributed by atoms with van der Waals surface area (Å²) >= 11 is 0. The second-order valence-electron chi connectivity index (χ2n) is 6.89. The molecule has 0 bridgehead atoms. The first-order valence-electron chi connectivity index (χ1n) is 9.60. The lowest BCUT2D eigenvalue weighted by molar-refractivity contribution is 0.339. The third kappa shape index (κ3) is 2.57. The van der Waals surface area contributed by atoms with Crippen LogP contribution in [-0.4, -0.2) is 30.1 Å². The van der Waals surface area contributed by atoms with Gasteiger partial charge in [0.2, 0.25) is 5.78 Å². The molecule has 5 aromatic rings. The summed E-state index contributed by atoms with van der Waals surface area (Å²) in [6, 6.07) is 17.5. The summed E-state index contributed by atoms with van der Waals surface area (Å²) in [6.07, 6.45) is 1.86. The van der Waals surface area contributed by atoms with Crippen LogP contribution in [0, 0.1) is 0 Å².